The number of carbonyl (C=O) groups is 1. The van der Waals surface area contributed by atoms with Gasteiger partial charge < -0.3 is 14.8 Å². The molecular formula is C21H28N4O3S. The molecular weight excluding hydrogens is 388 g/mol. The Balaban J connectivity index is 1.51. The molecule has 0 unspecified atom stereocenters. The Kier molecular flexibility index (Phi) is 7.60. The highest BCUT2D eigenvalue weighted by Crippen LogP contribution is 2.27. The molecule has 7 nitrogen and oxygen atoms in total. The molecule has 1 aliphatic rings. The van der Waals surface area contributed by atoms with E-state index in [1.807, 2.05) is 43.5 Å². The number of thiazole rings is 1. The maximum Gasteiger partial charge on any atom is 0.320 e. The number of hydrogen-bond acceptors (Lipinski definition) is 8. The molecule has 2 aromatic rings. The number of aromatic nitrogens is 1. The van der Waals surface area contributed by atoms with Crippen molar-refractivity contribution in [3.8, 4) is 11.3 Å². The molecule has 0 spiro atoms. The molecule has 1 fully saturated rings. The molecule has 0 bridgehead atoms. The maximum atomic E-state index is 11.6. The molecule has 29 heavy (non-hydrogen) atoms. The largest absolute Gasteiger partial charge is 0.478 e. The van der Waals surface area contributed by atoms with Crippen LogP contribution in [0.2, 0.25) is 0 Å². The van der Waals surface area contributed by atoms with Gasteiger partial charge in [-0.25, -0.2) is 4.98 Å². The Morgan fingerprint density at radius 2 is 1.90 bits per heavy atom. The van der Waals surface area contributed by atoms with Gasteiger partial charge in [-0.05, 0) is 38.8 Å². The van der Waals surface area contributed by atoms with Gasteiger partial charge in [-0.3, -0.25) is 15.1 Å². The average molecular weight is 417 g/mol. The first kappa shape index (κ1) is 21.3. The smallest absolute Gasteiger partial charge is 0.320 e. The summed E-state index contributed by atoms with van der Waals surface area (Å²) >= 11 is 1.60. The summed E-state index contributed by atoms with van der Waals surface area (Å²) in [5.41, 5.74) is 2.71. The van der Waals surface area contributed by atoms with E-state index in [2.05, 4.69) is 10.2 Å². The van der Waals surface area contributed by atoms with E-state index < -0.39 is 0 Å². The van der Waals surface area contributed by atoms with Crippen molar-refractivity contribution in [3.05, 3.63) is 35.2 Å². The molecule has 1 aromatic carbocycles. The summed E-state index contributed by atoms with van der Waals surface area (Å²) in [5, 5.41) is 14.3. The summed E-state index contributed by atoms with van der Waals surface area (Å²) in [7, 11) is 0. The summed E-state index contributed by atoms with van der Waals surface area (Å²) in [6.45, 7) is 6.75. The summed E-state index contributed by atoms with van der Waals surface area (Å²) < 4.78 is 10.3. The van der Waals surface area contributed by atoms with E-state index in [9.17, 15) is 4.79 Å². The van der Waals surface area contributed by atoms with E-state index in [0.29, 0.717) is 25.8 Å². The monoisotopic (exact) mass is 416 g/mol. The zero-order valence-electron chi connectivity index (χ0n) is 16.9. The van der Waals surface area contributed by atoms with E-state index in [0.717, 1.165) is 47.9 Å². The first-order valence-electron chi connectivity index (χ1n) is 10.0. The number of rotatable bonds is 8. The molecule has 2 N–H and O–H groups in total. The van der Waals surface area contributed by atoms with Crippen LogP contribution >= 0.6 is 11.3 Å². The number of hydrogen-bond donors (Lipinski definition) is 2. The third kappa shape index (κ3) is 6.01. The van der Waals surface area contributed by atoms with Crippen molar-refractivity contribution < 1.29 is 14.3 Å². The van der Waals surface area contributed by atoms with Crippen molar-refractivity contribution in [1.82, 2.24) is 9.88 Å². The predicted molar refractivity (Wildman–Crippen MR) is 116 cm³/mol. The number of benzene rings is 1. The van der Waals surface area contributed by atoms with Crippen molar-refractivity contribution in [3.63, 3.8) is 0 Å². The highest BCUT2D eigenvalue weighted by Gasteiger charge is 2.22. The fourth-order valence-corrected chi connectivity index (χ4v) is 4.09. The lowest BCUT2D eigenvalue weighted by atomic mass is 10.1. The quantitative estimate of drug-likeness (QED) is 0.388. The first-order chi connectivity index (χ1) is 14.1. The van der Waals surface area contributed by atoms with Crippen LogP contribution in [0, 0.1) is 5.41 Å². The highest BCUT2D eigenvalue weighted by atomic mass is 32.1. The fourth-order valence-electron chi connectivity index (χ4n) is 3.29. The number of nitrogens with one attached hydrogen (secondary N) is 2. The second-order valence-corrected chi connectivity index (χ2v) is 7.74. The summed E-state index contributed by atoms with van der Waals surface area (Å²) in [4.78, 5) is 18.5. The van der Waals surface area contributed by atoms with E-state index in [-0.39, 0.29) is 11.9 Å². The van der Waals surface area contributed by atoms with Crippen LogP contribution < -0.4 is 5.32 Å². The molecule has 3 rings (SSSR count). The van der Waals surface area contributed by atoms with Gasteiger partial charge >= 0.3 is 5.97 Å². The lowest BCUT2D eigenvalue weighted by molar-refractivity contribution is -0.144. The fraction of sp³-hybridized carbons (Fsp3) is 0.476. The molecule has 1 aromatic heterocycles. The average Bonchev–Trinajstić information content (AvgIpc) is 3.18. The third-order valence-electron chi connectivity index (χ3n) is 4.81. The second-order valence-electron chi connectivity index (χ2n) is 6.88. The summed E-state index contributed by atoms with van der Waals surface area (Å²) in [6, 6.07) is 8.07. The first-order valence-corrected chi connectivity index (χ1v) is 10.9. The Morgan fingerprint density at radius 1 is 1.21 bits per heavy atom. The Bertz CT molecular complexity index is 814. The summed E-state index contributed by atoms with van der Waals surface area (Å²) in [5.74, 6) is 0.0415. The minimum absolute atomic E-state index is 0.147. The number of likely N-dealkylation sites (tertiary alicyclic amines) is 1. The number of ether oxygens (including phenoxy) is 2. The summed E-state index contributed by atoms with van der Waals surface area (Å²) in [6.07, 6.45) is 1.95. The Labute approximate surface area is 175 Å². The number of anilines is 1. The van der Waals surface area contributed by atoms with Crippen LogP contribution in [-0.4, -0.2) is 60.6 Å². The Morgan fingerprint density at radius 3 is 2.55 bits per heavy atom. The number of nitrogens with zero attached hydrogens (tertiary/aromatic N) is 2. The van der Waals surface area contributed by atoms with E-state index in [1.165, 1.54) is 0 Å². The molecule has 0 aliphatic carbocycles. The predicted octanol–water partition coefficient (Wildman–Crippen LogP) is 3.61. The van der Waals surface area contributed by atoms with Crippen molar-refractivity contribution in [1.29, 1.82) is 5.41 Å². The molecule has 1 saturated heterocycles. The maximum absolute atomic E-state index is 11.6. The zero-order valence-corrected chi connectivity index (χ0v) is 17.8. The molecule has 2 heterocycles. The number of esters is 1. The minimum Gasteiger partial charge on any atom is -0.478 e. The molecule has 156 valence electrons. The van der Waals surface area contributed by atoms with Crippen LogP contribution in [0.3, 0.4) is 0 Å². The number of piperidine rings is 1. The van der Waals surface area contributed by atoms with Gasteiger partial charge in [0.05, 0.1) is 25.5 Å². The molecule has 1 aliphatic heterocycles. The molecule has 0 saturated carbocycles. The van der Waals surface area contributed by atoms with Gasteiger partial charge in [0, 0.05) is 35.6 Å². The Hall–Kier alpha value is -2.45. The van der Waals surface area contributed by atoms with Gasteiger partial charge in [-0.2, -0.15) is 0 Å². The molecule has 0 atom stereocenters. The molecule has 0 amide bonds. The van der Waals surface area contributed by atoms with Crippen LogP contribution in [0.1, 0.15) is 32.3 Å². The van der Waals surface area contributed by atoms with Gasteiger partial charge in [0.2, 0.25) is 5.90 Å². The van der Waals surface area contributed by atoms with E-state index >= 15 is 0 Å². The van der Waals surface area contributed by atoms with Gasteiger partial charge in [0.15, 0.2) is 5.13 Å². The topological polar surface area (TPSA) is 87.5 Å². The van der Waals surface area contributed by atoms with E-state index in [1.54, 1.807) is 11.3 Å². The van der Waals surface area contributed by atoms with Gasteiger partial charge in [0.25, 0.3) is 0 Å². The van der Waals surface area contributed by atoms with Crippen LogP contribution in [0.4, 0.5) is 5.13 Å². The van der Waals surface area contributed by atoms with Crippen molar-refractivity contribution in [2.75, 3.05) is 38.2 Å². The van der Waals surface area contributed by atoms with Gasteiger partial charge in [0.1, 0.15) is 0 Å². The van der Waals surface area contributed by atoms with E-state index in [4.69, 9.17) is 19.9 Å². The normalized spacial score (nSPS) is 15.1. The zero-order chi connectivity index (χ0) is 20.6. The van der Waals surface area contributed by atoms with Crippen molar-refractivity contribution in [2.24, 2.45) is 0 Å². The van der Waals surface area contributed by atoms with Crippen LogP contribution in [0.15, 0.2) is 29.6 Å². The molecule has 0 radical (unpaired) electrons. The lowest BCUT2D eigenvalue weighted by Crippen LogP contribution is -2.41. The van der Waals surface area contributed by atoms with Crippen molar-refractivity contribution >= 4 is 28.3 Å². The van der Waals surface area contributed by atoms with Crippen LogP contribution in [-0.2, 0) is 14.3 Å². The minimum atomic E-state index is -0.147. The number of carbonyl (C=O) groups excluding carboxylic acids is 1. The highest BCUT2D eigenvalue weighted by molar-refractivity contribution is 7.14. The van der Waals surface area contributed by atoms with Gasteiger partial charge in [-0.15, -0.1) is 11.3 Å². The second kappa shape index (κ2) is 10.4. The van der Waals surface area contributed by atoms with Gasteiger partial charge in [-0.1, -0.05) is 12.1 Å². The third-order valence-corrected chi connectivity index (χ3v) is 5.58. The van der Waals surface area contributed by atoms with Crippen LogP contribution in [0.25, 0.3) is 11.3 Å². The lowest BCUT2D eigenvalue weighted by Gasteiger charge is -2.31. The standard InChI is InChI=1S/C21H28N4O3S/c1-3-27-19(26)13-25-11-9-17(10-12-25)23-21-24-18(14-29-21)15-5-7-16(8-6-15)20(22)28-4-2/h5-8,14,17,22H,3-4,9-13H2,1-2H3,(H,23,24). The van der Waals surface area contributed by atoms with Crippen LogP contribution in [0.5, 0.6) is 0 Å². The van der Waals surface area contributed by atoms with Crippen molar-refractivity contribution in [2.45, 2.75) is 32.7 Å². The SMILES string of the molecule is CCOC(=N)c1ccc(-c2csc(NC3CCN(CC(=O)OCC)CC3)n2)cc1. The molecule has 8 heteroatoms.